The molecular weight excluding hydrogens is 262 g/mol. The number of nitrogens with two attached hydrogens (primary N) is 3. The number of nitrogens with zero attached hydrogens (tertiary/aromatic N) is 3. The Labute approximate surface area is 90.6 Å². The number of anilines is 3. The summed E-state index contributed by atoms with van der Waals surface area (Å²) in [4.78, 5) is 25.8. The van der Waals surface area contributed by atoms with Crippen LogP contribution in [-0.4, -0.2) is 24.7 Å². The van der Waals surface area contributed by atoms with E-state index in [1.807, 2.05) is 0 Å². The number of rotatable bonds is 2. The molecule has 0 fully saturated rings. The van der Waals surface area contributed by atoms with Crippen molar-refractivity contribution in [2.45, 2.75) is 0 Å². The van der Waals surface area contributed by atoms with Crippen molar-refractivity contribution in [2.75, 3.05) is 17.2 Å². The van der Waals surface area contributed by atoms with Gasteiger partial charge in [-0.25, -0.2) is 0 Å². The lowest BCUT2D eigenvalue weighted by Crippen LogP contribution is -2.05. The molecule has 88 valence electrons. The summed E-state index contributed by atoms with van der Waals surface area (Å²) in [5.41, 5.74) is 15.4. The topological polar surface area (TPSA) is 201 Å². The molecule has 16 heavy (non-hydrogen) atoms. The van der Waals surface area contributed by atoms with Crippen molar-refractivity contribution in [3.63, 3.8) is 0 Å². The van der Waals surface area contributed by atoms with Gasteiger partial charge in [-0.3, -0.25) is 0 Å². The van der Waals surface area contributed by atoms with Gasteiger partial charge in [0.25, 0.3) is 0 Å². The van der Waals surface area contributed by atoms with Gasteiger partial charge in [0, 0.05) is 9.13 Å². The first-order chi connectivity index (χ1) is 7.31. The van der Waals surface area contributed by atoms with Crippen LogP contribution in [0.25, 0.3) is 0 Å². The van der Waals surface area contributed by atoms with Crippen LogP contribution in [0, 0.1) is 0 Å². The molecule has 0 aliphatic heterocycles. The van der Waals surface area contributed by atoms with Gasteiger partial charge in [-0.05, 0) is 0 Å². The van der Waals surface area contributed by atoms with E-state index in [9.17, 15) is 9.13 Å². The zero-order chi connectivity index (χ0) is 12.7. The molecule has 0 radical (unpaired) electrons. The summed E-state index contributed by atoms with van der Waals surface area (Å²) in [6, 6.07) is 0. The lowest BCUT2D eigenvalue weighted by Gasteiger charge is -1.93. The van der Waals surface area contributed by atoms with E-state index in [1.54, 1.807) is 0 Å². The van der Waals surface area contributed by atoms with Gasteiger partial charge in [-0.1, -0.05) is 0 Å². The Morgan fingerprint density at radius 1 is 0.875 bits per heavy atom. The number of nitrogen functional groups attached to an aromatic ring is 3. The molecule has 0 aliphatic rings. The summed E-state index contributed by atoms with van der Waals surface area (Å²) in [7, 11) is -5.85. The molecule has 1 aromatic rings. The van der Waals surface area contributed by atoms with Gasteiger partial charge in [0.2, 0.25) is 17.8 Å². The van der Waals surface area contributed by atoms with E-state index in [-0.39, 0.29) is 17.8 Å². The van der Waals surface area contributed by atoms with Crippen molar-refractivity contribution < 1.29 is 23.2 Å². The quantitative estimate of drug-likeness (QED) is 0.409. The zero-order valence-electron chi connectivity index (χ0n) is 7.59. The van der Waals surface area contributed by atoms with Crippen molar-refractivity contribution in [3.05, 3.63) is 0 Å². The predicted molar refractivity (Wildman–Crippen MR) is 53.8 cm³/mol. The Kier molecular flexibility index (Phi) is 6.23. The average Bonchev–Trinajstić information content (AvgIpc) is 1.97. The van der Waals surface area contributed by atoms with Gasteiger partial charge in [-0.2, -0.15) is 15.0 Å². The first-order valence-electron chi connectivity index (χ1n) is 3.34. The second-order valence-electron chi connectivity index (χ2n) is 1.97. The molecule has 2 atom stereocenters. The van der Waals surface area contributed by atoms with Crippen LogP contribution < -0.4 is 17.2 Å². The maximum absolute atomic E-state index is 9.39. The van der Waals surface area contributed by atoms with Gasteiger partial charge >= 0.3 is 16.5 Å². The SMILES string of the molecule is Nc1nc(N)nc(N)n1.O=[P+](O)O[P+](=O)O. The van der Waals surface area contributed by atoms with Crippen molar-refractivity contribution in [1.29, 1.82) is 0 Å². The summed E-state index contributed by atoms with van der Waals surface area (Å²) in [6.45, 7) is 0. The van der Waals surface area contributed by atoms with E-state index in [0.717, 1.165) is 0 Å². The first-order valence-corrected chi connectivity index (χ1v) is 5.60. The minimum atomic E-state index is -2.92. The van der Waals surface area contributed by atoms with Crippen molar-refractivity contribution in [1.82, 2.24) is 15.0 Å². The molecule has 0 aliphatic carbocycles. The molecule has 2 unspecified atom stereocenters. The number of hydrogen-bond acceptors (Lipinski definition) is 9. The van der Waals surface area contributed by atoms with Crippen LogP contribution in [-0.2, 0) is 13.4 Å². The second kappa shape index (κ2) is 6.88. The first kappa shape index (κ1) is 14.5. The molecule has 11 nitrogen and oxygen atoms in total. The molecule has 0 spiro atoms. The number of hydrogen-bond donors (Lipinski definition) is 5. The molecular formula is C3H8N6O5P2+2. The molecule has 1 aromatic heterocycles. The minimum absolute atomic E-state index is 0.0417. The fraction of sp³-hybridized carbons (Fsp3) is 0. The van der Waals surface area contributed by atoms with E-state index >= 15 is 0 Å². The molecule has 8 N–H and O–H groups in total. The maximum atomic E-state index is 9.39. The summed E-state index contributed by atoms with van der Waals surface area (Å²) < 4.78 is 22.2. The minimum Gasteiger partial charge on any atom is -0.368 e. The van der Waals surface area contributed by atoms with E-state index in [0.29, 0.717) is 0 Å². The van der Waals surface area contributed by atoms with E-state index in [4.69, 9.17) is 27.0 Å². The van der Waals surface area contributed by atoms with Gasteiger partial charge in [0.1, 0.15) is 0 Å². The van der Waals surface area contributed by atoms with Crippen LogP contribution in [0.15, 0.2) is 0 Å². The van der Waals surface area contributed by atoms with Crippen LogP contribution in [0.1, 0.15) is 0 Å². The third-order valence-corrected chi connectivity index (χ3v) is 1.94. The highest BCUT2D eigenvalue weighted by Gasteiger charge is 2.31. The van der Waals surface area contributed by atoms with Crippen LogP contribution in [0.3, 0.4) is 0 Å². The second-order valence-corrected chi connectivity index (χ2v) is 3.57. The number of aromatic nitrogens is 3. The molecule has 0 saturated heterocycles. The summed E-state index contributed by atoms with van der Waals surface area (Å²) in [6.07, 6.45) is 0. The zero-order valence-corrected chi connectivity index (χ0v) is 9.38. The highest BCUT2D eigenvalue weighted by Crippen LogP contribution is 2.30. The summed E-state index contributed by atoms with van der Waals surface area (Å²) in [5, 5.41) is 0. The summed E-state index contributed by atoms with van der Waals surface area (Å²) in [5.74, 6) is 0.125. The average molecular weight is 270 g/mol. The Bertz CT molecular complexity index is 337. The van der Waals surface area contributed by atoms with Gasteiger partial charge in [-0.15, -0.1) is 9.79 Å². The maximum Gasteiger partial charge on any atom is 0.745 e. The lowest BCUT2D eigenvalue weighted by atomic mass is 10.9. The van der Waals surface area contributed by atoms with Crippen LogP contribution >= 0.6 is 16.5 Å². The molecule has 1 rings (SSSR count). The Hall–Kier alpha value is -1.51. The van der Waals surface area contributed by atoms with E-state index in [1.165, 1.54) is 0 Å². The monoisotopic (exact) mass is 270 g/mol. The fourth-order valence-electron chi connectivity index (χ4n) is 0.487. The van der Waals surface area contributed by atoms with Crippen molar-refractivity contribution >= 4 is 34.4 Å². The van der Waals surface area contributed by atoms with Gasteiger partial charge < -0.3 is 17.2 Å². The smallest absolute Gasteiger partial charge is 0.368 e. The molecule has 1 heterocycles. The molecule has 0 amide bonds. The molecule has 0 saturated carbocycles. The van der Waals surface area contributed by atoms with Crippen LogP contribution in [0.2, 0.25) is 0 Å². The van der Waals surface area contributed by atoms with Crippen LogP contribution in [0.5, 0.6) is 0 Å². The van der Waals surface area contributed by atoms with E-state index < -0.39 is 16.5 Å². The van der Waals surface area contributed by atoms with Crippen molar-refractivity contribution in [2.24, 2.45) is 0 Å². The highest BCUT2D eigenvalue weighted by atomic mass is 31.2. The van der Waals surface area contributed by atoms with Crippen molar-refractivity contribution in [3.8, 4) is 0 Å². The molecule has 13 heteroatoms. The van der Waals surface area contributed by atoms with Gasteiger partial charge in [0.15, 0.2) is 4.31 Å². The standard InChI is InChI=1S/C3H6N6.O5P2/c4-1-7-2(5)9-3(6)8-1;1-6(2)5-7(3)4/h(H6,4,5,6,7,8,9);/p+2. The van der Waals surface area contributed by atoms with Gasteiger partial charge in [0.05, 0.1) is 0 Å². The Morgan fingerprint density at radius 3 is 1.25 bits per heavy atom. The largest absolute Gasteiger partial charge is 0.745 e. The fourth-order valence-corrected chi connectivity index (χ4v) is 0.965. The highest BCUT2D eigenvalue weighted by molar-refractivity contribution is 7.46. The molecule has 0 aromatic carbocycles. The third kappa shape index (κ3) is 7.85. The third-order valence-electron chi connectivity index (χ3n) is 0.827. The summed E-state index contributed by atoms with van der Waals surface area (Å²) >= 11 is 0. The predicted octanol–water partition coefficient (Wildman–Crippen LogP) is -1.08. The Balaban J connectivity index is 0.000000293. The Morgan fingerprint density at radius 2 is 1.12 bits per heavy atom. The van der Waals surface area contributed by atoms with E-state index in [2.05, 4.69) is 19.3 Å². The lowest BCUT2D eigenvalue weighted by molar-refractivity contribution is 0.371. The normalized spacial score (nSPS) is 11.1. The molecule has 0 bridgehead atoms. The van der Waals surface area contributed by atoms with Crippen LogP contribution in [0.4, 0.5) is 17.8 Å².